The average Bonchev–Trinajstić information content (AvgIpc) is 2.97. The number of rotatable bonds is 6. The summed E-state index contributed by atoms with van der Waals surface area (Å²) in [6.45, 7) is 6.45. The van der Waals surface area contributed by atoms with Gasteiger partial charge in [0.25, 0.3) is 0 Å². The van der Waals surface area contributed by atoms with Gasteiger partial charge in [-0.05, 0) is 23.8 Å². The molecule has 4 heterocycles. The van der Waals surface area contributed by atoms with Crippen molar-refractivity contribution in [1.82, 2.24) is 15.2 Å². The number of hydrogen-bond acceptors (Lipinski definition) is 8. The van der Waals surface area contributed by atoms with Crippen LogP contribution in [0.3, 0.4) is 0 Å². The van der Waals surface area contributed by atoms with Crippen LogP contribution in [0.1, 0.15) is 5.56 Å². The molecule has 8 heteroatoms. The summed E-state index contributed by atoms with van der Waals surface area (Å²) < 4.78 is 17.2. The van der Waals surface area contributed by atoms with E-state index >= 15 is 0 Å². The van der Waals surface area contributed by atoms with Crippen molar-refractivity contribution in [3.05, 3.63) is 72.4 Å². The van der Waals surface area contributed by atoms with Crippen LogP contribution in [0.25, 0.3) is 22.0 Å². The molecule has 2 fully saturated rings. The third-order valence-electron chi connectivity index (χ3n) is 6.62. The van der Waals surface area contributed by atoms with Crippen LogP contribution in [0, 0.1) is 0 Å². The van der Waals surface area contributed by atoms with Crippen molar-refractivity contribution in [2.24, 2.45) is 0 Å². The van der Waals surface area contributed by atoms with E-state index in [0.29, 0.717) is 33.0 Å². The zero-order valence-corrected chi connectivity index (χ0v) is 20.2. The van der Waals surface area contributed by atoms with Gasteiger partial charge in [-0.3, -0.25) is 4.98 Å². The number of benzene rings is 2. The summed E-state index contributed by atoms with van der Waals surface area (Å²) in [6, 6.07) is 20.4. The number of nitrogens with zero attached hydrogens (tertiary/aromatic N) is 5. The predicted octanol–water partition coefficient (Wildman–Crippen LogP) is 3.94. The van der Waals surface area contributed by atoms with Crippen molar-refractivity contribution in [1.29, 1.82) is 0 Å². The fourth-order valence-electron chi connectivity index (χ4n) is 4.68. The largest absolute Gasteiger partial charge is 0.489 e. The molecule has 2 aromatic heterocycles. The Kier molecular flexibility index (Phi) is 6.60. The van der Waals surface area contributed by atoms with E-state index in [9.17, 15) is 0 Å². The first kappa shape index (κ1) is 22.7. The molecule has 184 valence electrons. The molecule has 2 aliphatic heterocycles. The molecule has 0 saturated carbocycles. The van der Waals surface area contributed by atoms with Gasteiger partial charge in [-0.2, -0.15) is 0 Å². The maximum absolute atomic E-state index is 6.07. The molecule has 0 spiro atoms. The summed E-state index contributed by atoms with van der Waals surface area (Å²) in [7, 11) is 0. The smallest absolute Gasteiger partial charge is 0.161 e. The maximum Gasteiger partial charge on any atom is 0.161 e. The van der Waals surface area contributed by atoms with E-state index in [1.807, 2.05) is 42.6 Å². The molecule has 36 heavy (non-hydrogen) atoms. The molecule has 0 amide bonds. The van der Waals surface area contributed by atoms with E-state index in [0.717, 1.165) is 71.2 Å². The lowest BCUT2D eigenvalue weighted by atomic mass is 10.1. The zero-order chi connectivity index (χ0) is 24.2. The minimum absolute atomic E-state index is 0.523. The molecule has 2 aliphatic rings. The van der Waals surface area contributed by atoms with E-state index < -0.39 is 0 Å². The van der Waals surface area contributed by atoms with Crippen molar-refractivity contribution in [3.63, 3.8) is 0 Å². The highest BCUT2D eigenvalue weighted by Crippen LogP contribution is 2.34. The molecule has 2 aromatic carbocycles. The molecule has 6 rings (SSSR count). The Balaban J connectivity index is 1.36. The van der Waals surface area contributed by atoms with Crippen LogP contribution in [-0.4, -0.2) is 67.8 Å². The van der Waals surface area contributed by atoms with Gasteiger partial charge >= 0.3 is 0 Å². The molecule has 4 aromatic rings. The fourth-order valence-corrected chi connectivity index (χ4v) is 4.68. The Bertz CT molecular complexity index is 1320. The Morgan fingerprint density at radius 3 is 2.08 bits per heavy atom. The van der Waals surface area contributed by atoms with Crippen LogP contribution in [0.4, 0.5) is 11.6 Å². The van der Waals surface area contributed by atoms with Gasteiger partial charge < -0.3 is 24.0 Å². The second kappa shape index (κ2) is 10.5. The van der Waals surface area contributed by atoms with Crippen LogP contribution in [0.2, 0.25) is 0 Å². The highest BCUT2D eigenvalue weighted by atomic mass is 16.5. The molecular weight excluding hydrogens is 454 g/mol. The van der Waals surface area contributed by atoms with E-state index in [-0.39, 0.29) is 0 Å². The van der Waals surface area contributed by atoms with Gasteiger partial charge in [-0.1, -0.05) is 42.5 Å². The molecule has 0 unspecified atom stereocenters. The Hall–Kier alpha value is -3.75. The number of hydrogen-bond donors (Lipinski definition) is 0. The zero-order valence-electron chi connectivity index (χ0n) is 20.2. The Labute approximate surface area is 210 Å². The van der Waals surface area contributed by atoms with Gasteiger partial charge in [-0.25, -0.2) is 0 Å². The Morgan fingerprint density at radius 1 is 0.722 bits per heavy atom. The summed E-state index contributed by atoms with van der Waals surface area (Å²) in [5.41, 5.74) is 3.01. The quantitative estimate of drug-likeness (QED) is 0.408. The molecule has 8 nitrogen and oxygen atoms in total. The summed E-state index contributed by atoms with van der Waals surface area (Å²) >= 11 is 0. The number of morpholine rings is 2. The third-order valence-corrected chi connectivity index (χ3v) is 6.62. The van der Waals surface area contributed by atoms with Gasteiger partial charge in [0.1, 0.15) is 12.4 Å². The summed E-state index contributed by atoms with van der Waals surface area (Å²) in [5.74, 6) is 2.56. The first-order chi connectivity index (χ1) is 17.8. The van der Waals surface area contributed by atoms with E-state index in [1.54, 1.807) is 0 Å². The van der Waals surface area contributed by atoms with Gasteiger partial charge in [-0.15, -0.1) is 10.2 Å². The monoisotopic (exact) mass is 483 g/mol. The van der Waals surface area contributed by atoms with E-state index in [4.69, 9.17) is 24.3 Å². The van der Waals surface area contributed by atoms with Crippen molar-refractivity contribution in [2.75, 3.05) is 62.4 Å². The topological polar surface area (TPSA) is 72.8 Å². The minimum atomic E-state index is 0.523. The number of fused-ring (bicyclic) bond motifs is 1. The summed E-state index contributed by atoms with van der Waals surface area (Å²) in [5, 5.41) is 11.4. The van der Waals surface area contributed by atoms with Crippen LogP contribution >= 0.6 is 0 Å². The lowest BCUT2D eigenvalue weighted by Crippen LogP contribution is -2.38. The molecule has 0 bridgehead atoms. The number of ether oxygens (including phenoxy) is 3. The second-order valence-electron chi connectivity index (χ2n) is 8.96. The minimum Gasteiger partial charge on any atom is -0.489 e. The van der Waals surface area contributed by atoms with Gasteiger partial charge in [0.05, 0.1) is 32.1 Å². The van der Waals surface area contributed by atoms with E-state index in [1.165, 1.54) is 0 Å². The number of aromatic nitrogens is 3. The molecule has 0 aliphatic carbocycles. The molecule has 0 radical (unpaired) electrons. The number of pyridine rings is 1. The van der Waals surface area contributed by atoms with Gasteiger partial charge in [0.2, 0.25) is 0 Å². The highest BCUT2D eigenvalue weighted by molar-refractivity contribution is 6.00. The normalized spacial score (nSPS) is 16.3. The van der Waals surface area contributed by atoms with E-state index in [2.05, 4.69) is 39.2 Å². The Morgan fingerprint density at radius 2 is 1.39 bits per heavy atom. The van der Waals surface area contributed by atoms with Crippen molar-refractivity contribution < 1.29 is 14.2 Å². The lowest BCUT2D eigenvalue weighted by Gasteiger charge is -2.31. The van der Waals surface area contributed by atoms with Crippen LogP contribution < -0.4 is 14.5 Å². The standard InChI is InChI=1S/C28H29N5O3/c1-2-5-21(6-3-1)20-36-23-8-4-7-22(17-23)26-18-24-25(19-29-26)28(33-11-15-35-16-12-33)31-30-27(24)32-9-13-34-14-10-32/h1-8,17-19H,9-16,20H2. The molecule has 2 saturated heterocycles. The van der Waals surface area contributed by atoms with Crippen LogP contribution in [0.15, 0.2) is 66.9 Å². The van der Waals surface area contributed by atoms with Crippen LogP contribution in [-0.2, 0) is 16.1 Å². The SMILES string of the molecule is c1ccc(COc2cccc(-c3cc4c(N5CCOCC5)nnc(N5CCOCC5)c4cn3)c2)cc1. The second-order valence-corrected chi connectivity index (χ2v) is 8.96. The molecular formula is C28H29N5O3. The third kappa shape index (κ3) is 4.82. The highest BCUT2D eigenvalue weighted by Gasteiger charge is 2.22. The summed E-state index contributed by atoms with van der Waals surface area (Å²) in [4.78, 5) is 9.35. The predicted molar refractivity (Wildman–Crippen MR) is 140 cm³/mol. The average molecular weight is 484 g/mol. The summed E-state index contributed by atoms with van der Waals surface area (Å²) in [6.07, 6.45) is 1.94. The van der Waals surface area contributed by atoms with Crippen molar-refractivity contribution in [2.45, 2.75) is 6.61 Å². The number of anilines is 2. The maximum atomic E-state index is 6.07. The fraction of sp³-hybridized carbons (Fsp3) is 0.321. The first-order valence-electron chi connectivity index (χ1n) is 12.4. The first-order valence-corrected chi connectivity index (χ1v) is 12.4. The van der Waals surface area contributed by atoms with Gasteiger partial charge in [0, 0.05) is 48.7 Å². The van der Waals surface area contributed by atoms with Gasteiger partial charge in [0.15, 0.2) is 11.6 Å². The van der Waals surface area contributed by atoms with Crippen molar-refractivity contribution in [3.8, 4) is 17.0 Å². The van der Waals surface area contributed by atoms with Crippen molar-refractivity contribution >= 4 is 22.4 Å². The lowest BCUT2D eigenvalue weighted by molar-refractivity contribution is 0.122. The molecule has 0 atom stereocenters. The van der Waals surface area contributed by atoms with Crippen LogP contribution in [0.5, 0.6) is 5.75 Å². The molecule has 0 N–H and O–H groups in total.